The molecule has 0 spiro atoms. The molecule has 0 unspecified atom stereocenters. The van der Waals surface area contributed by atoms with Gasteiger partial charge >= 0.3 is 0 Å². The van der Waals surface area contributed by atoms with Gasteiger partial charge in [0.2, 0.25) is 5.89 Å². The minimum atomic E-state index is -0.257. The fourth-order valence-electron chi connectivity index (χ4n) is 1.23. The van der Waals surface area contributed by atoms with Crippen LogP contribution in [-0.2, 0) is 17.7 Å². The minimum absolute atomic E-state index is 0.191. The molecule has 0 aliphatic heterocycles. The van der Waals surface area contributed by atoms with Gasteiger partial charge < -0.3 is 14.6 Å². The van der Waals surface area contributed by atoms with Gasteiger partial charge in [-0.1, -0.05) is 5.16 Å². The molecule has 8 heteroatoms. The number of methoxy groups -OCH3 is 1. The summed E-state index contributed by atoms with van der Waals surface area (Å²) in [6.45, 7) is 0.723. The fraction of sp³-hybridized carbons (Fsp3) is 0.400. The van der Waals surface area contributed by atoms with Crippen molar-refractivity contribution in [2.24, 2.45) is 0 Å². The Morgan fingerprint density at radius 3 is 3.22 bits per heavy atom. The third kappa shape index (κ3) is 3.34. The second-order valence-corrected chi connectivity index (χ2v) is 4.12. The van der Waals surface area contributed by atoms with Gasteiger partial charge in [0.25, 0.3) is 5.91 Å². The van der Waals surface area contributed by atoms with E-state index in [1.807, 2.05) is 0 Å². The second-order valence-electron chi connectivity index (χ2n) is 3.40. The maximum absolute atomic E-state index is 11.6. The second kappa shape index (κ2) is 6.22. The summed E-state index contributed by atoms with van der Waals surface area (Å²) in [5, 5.41) is 8.09. The van der Waals surface area contributed by atoms with Gasteiger partial charge in [-0.15, -0.1) is 11.3 Å². The third-order valence-electron chi connectivity index (χ3n) is 2.11. The monoisotopic (exact) mass is 268 g/mol. The van der Waals surface area contributed by atoms with Crippen molar-refractivity contribution < 1.29 is 14.1 Å². The number of amides is 1. The highest BCUT2D eigenvalue weighted by Crippen LogP contribution is 2.02. The topological polar surface area (TPSA) is 90.1 Å². The molecule has 0 saturated heterocycles. The Balaban J connectivity index is 1.83. The van der Waals surface area contributed by atoms with Crippen molar-refractivity contribution in [3.8, 4) is 0 Å². The normalized spacial score (nSPS) is 10.5. The number of hydrogen-bond acceptors (Lipinski definition) is 7. The van der Waals surface area contributed by atoms with Crippen LogP contribution in [0, 0.1) is 0 Å². The summed E-state index contributed by atoms with van der Waals surface area (Å²) in [5.41, 5.74) is 1.99. The van der Waals surface area contributed by atoms with Crippen LogP contribution in [0.2, 0.25) is 0 Å². The number of rotatable bonds is 6. The third-order valence-corrected chi connectivity index (χ3v) is 2.69. The molecule has 0 bridgehead atoms. The van der Waals surface area contributed by atoms with Crippen LogP contribution in [0.5, 0.6) is 0 Å². The number of ether oxygens (including phenoxy) is 1. The molecule has 0 aliphatic rings. The van der Waals surface area contributed by atoms with Crippen LogP contribution in [-0.4, -0.2) is 34.7 Å². The summed E-state index contributed by atoms with van der Waals surface area (Å²) in [5.74, 6) is 0.673. The first-order valence-electron chi connectivity index (χ1n) is 5.26. The van der Waals surface area contributed by atoms with Gasteiger partial charge in [-0.3, -0.25) is 4.79 Å². The summed E-state index contributed by atoms with van der Waals surface area (Å²) in [6, 6.07) is 0. The molecule has 96 valence electrons. The van der Waals surface area contributed by atoms with E-state index in [9.17, 15) is 4.79 Å². The molecular formula is C10H12N4O3S. The van der Waals surface area contributed by atoms with Crippen molar-refractivity contribution in [2.75, 3.05) is 13.7 Å². The number of aromatic nitrogens is 3. The zero-order valence-corrected chi connectivity index (χ0v) is 10.6. The average Bonchev–Trinajstić information content (AvgIpc) is 3.04. The van der Waals surface area contributed by atoms with E-state index in [4.69, 9.17) is 9.26 Å². The van der Waals surface area contributed by atoms with E-state index < -0.39 is 0 Å². The van der Waals surface area contributed by atoms with Crippen LogP contribution in [0.25, 0.3) is 0 Å². The van der Waals surface area contributed by atoms with Gasteiger partial charge in [-0.25, -0.2) is 4.98 Å². The number of hydrogen-bond donors (Lipinski definition) is 1. The lowest BCUT2D eigenvalue weighted by atomic mass is 10.4. The molecule has 2 aromatic heterocycles. The standard InChI is InChI=1S/C10H12N4O3S/c1-16-3-2-8-13-9(17-14-8)4-11-10(15)7-5-18-6-12-7/h5-6H,2-4H2,1H3,(H,11,15). The van der Waals surface area contributed by atoms with E-state index in [1.165, 1.54) is 11.3 Å². The summed E-state index contributed by atoms with van der Waals surface area (Å²) < 4.78 is 9.88. The first kappa shape index (κ1) is 12.7. The van der Waals surface area contributed by atoms with E-state index in [2.05, 4.69) is 20.4 Å². The number of nitrogens with one attached hydrogen (secondary N) is 1. The van der Waals surface area contributed by atoms with Crippen LogP contribution < -0.4 is 5.32 Å². The van der Waals surface area contributed by atoms with Crippen molar-refractivity contribution in [1.82, 2.24) is 20.4 Å². The molecule has 18 heavy (non-hydrogen) atoms. The maximum Gasteiger partial charge on any atom is 0.271 e. The zero-order valence-electron chi connectivity index (χ0n) is 9.75. The van der Waals surface area contributed by atoms with Gasteiger partial charge in [0, 0.05) is 18.9 Å². The molecule has 2 aromatic rings. The molecule has 0 fully saturated rings. The predicted octanol–water partition coefficient (Wildman–Crippen LogP) is 0.645. The van der Waals surface area contributed by atoms with E-state index >= 15 is 0 Å². The van der Waals surface area contributed by atoms with Crippen molar-refractivity contribution in [1.29, 1.82) is 0 Å². The molecule has 1 amide bonds. The molecule has 0 atom stereocenters. The first-order valence-corrected chi connectivity index (χ1v) is 6.20. The summed E-state index contributed by atoms with van der Waals surface area (Å²) in [6.07, 6.45) is 0.583. The molecule has 7 nitrogen and oxygen atoms in total. The van der Waals surface area contributed by atoms with Crippen LogP contribution in [0.15, 0.2) is 15.4 Å². The Hall–Kier alpha value is -1.80. The molecule has 0 saturated carbocycles. The van der Waals surface area contributed by atoms with Gasteiger partial charge in [0.05, 0.1) is 18.7 Å². The lowest BCUT2D eigenvalue weighted by Gasteiger charge is -1.97. The van der Waals surface area contributed by atoms with Crippen molar-refractivity contribution in [3.05, 3.63) is 28.3 Å². The largest absolute Gasteiger partial charge is 0.384 e. The summed E-state index contributed by atoms with van der Waals surface area (Å²) >= 11 is 1.37. The number of carbonyl (C=O) groups excluding carboxylic acids is 1. The maximum atomic E-state index is 11.6. The van der Waals surface area contributed by atoms with Crippen LogP contribution >= 0.6 is 11.3 Å². The van der Waals surface area contributed by atoms with Crippen LogP contribution in [0.1, 0.15) is 22.2 Å². The van der Waals surface area contributed by atoms with E-state index in [0.717, 1.165) is 0 Å². The quantitative estimate of drug-likeness (QED) is 0.827. The lowest BCUT2D eigenvalue weighted by molar-refractivity contribution is 0.0942. The van der Waals surface area contributed by atoms with Crippen molar-refractivity contribution in [2.45, 2.75) is 13.0 Å². The Labute approximate surface area is 107 Å². The average molecular weight is 268 g/mol. The van der Waals surface area contributed by atoms with Gasteiger partial charge in [-0.05, 0) is 0 Å². The Morgan fingerprint density at radius 1 is 1.61 bits per heavy atom. The predicted molar refractivity (Wildman–Crippen MR) is 63.2 cm³/mol. The van der Waals surface area contributed by atoms with Gasteiger partial charge in [0.1, 0.15) is 5.69 Å². The highest BCUT2D eigenvalue weighted by atomic mass is 32.1. The molecule has 2 heterocycles. The highest BCUT2D eigenvalue weighted by molar-refractivity contribution is 7.07. The molecular weight excluding hydrogens is 256 g/mol. The Morgan fingerprint density at radius 2 is 2.50 bits per heavy atom. The smallest absolute Gasteiger partial charge is 0.271 e. The molecule has 0 aliphatic carbocycles. The first-order chi connectivity index (χ1) is 8.79. The lowest BCUT2D eigenvalue weighted by Crippen LogP contribution is -2.23. The number of nitrogens with zero attached hydrogens (tertiary/aromatic N) is 3. The number of thiazole rings is 1. The van der Waals surface area contributed by atoms with Gasteiger partial charge in [0.15, 0.2) is 5.82 Å². The zero-order chi connectivity index (χ0) is 12.8. The number of carbonyl (C=O) groups is 1. The minimum Gasteiger partial charge on any atom is -0.384 e. The Kier molecular flexibility index (Phi) is 4.37. The van der Waals surface area contributed by atoms with Gasteiger partial charge in [-0.2, -0.15) is 4.98 Å². The summed E-state index contributed by atoms with van der Waals surface area (Å²) in [7, 11) is 1.61. The molecule has 1 N–H and O–H groups in total. The summed E-state index contributed by atoms with van der Waals surface area (Å²) in [4.78, 5) is 19.6. The van der Waals surface area contributed by atoms with Crippen molar-refractivity contribution >= 4 is 17.2 Å². The SMILES string of the molecule is COCCc1noc(CNC(=O)c2cscn2)n1. The molecule has 0 aromatic carbocycles. The molecule has 2 rings (SSSR count). The van der Waals surface area contributed by atoms with Crippen molar-refractivity contribution in [3.63, 3.8) is 0 Å². The van der Waals surface area contributed by atoms with Crippen LogP contribution in [0.3, 0.4) is 0 Å². The van der Waals surface area contributed by atoms with E-state index in [0.29, 0.717) is 30.4 Å². The Bertz CT molecular complexity index is 497. The fourth-order valence-corrected chi connectivity index (χ4v) is 1.76. The van der Waals surface area contributed by atoms with E-state index in [-0.39, 0.29) is 12.5 Å². The molecule has 0 radical (unpaired) electrons. The van der Waals surface area contributed by atoms with E-state index in [1.54, 1.807) is 18.0 Å². The van der Waals surface area contributed by atoms with Crippen LogP contribution in [0.4, 0.5) is 0 Å². The highest BCUT2D eigenvalue weighted by Gasteiger charge is 2.10.